The molecule has 0 aromatic heterocycles. The fraction of sp³-hybridized carbons (Fsp3) is 0.400. The van der Waals surface area contributed by atoms with Crippen LogP contribution in [0.2, 0.25) is 5.02 Å². The molecule has 0 spiro atoms. The Kier molecular flexibility index (Phi) is 6.25. The van der Waals surface area contributed by atoms with Gasteiger partial charge in [0.25, 0.3) is 0 Å². The van der Waals surface area contributed by atoms with E-state index in [-0.39, 0.29) is 6.04 Å². The minimum Gasteiger partial charge on any atom is -0.493 e. The molecule has 1 N–H and O–H groups in total. The Balaban J connectivity index is 1.91. The van der Waals surface area contributed by atoms with Crippen molar-refractivity contribution in [3.63, 3.8) is 0 Å². The number of nitrogens with one attached hydrogen (secondary N) is 1. The number of hydrogen-bond donors (Lipinski definition) is 1. The molecule has 1 aliphatic rings. The van der Waals surface area contributed by atoms with E-state index < -0.39 is 0 Å². The fourth-order valence-electron chi connectivity index (χ4n) is 3.48. The van der Waals surface area contributed by atoms with Gasteiger partial charge in [0, 0.05) is 42.8 Å². The van der Waals surface area contributed by atoms with Gasteiger partial charge in [-0.2, -0.15) is 0 Å². The summed E-state index contributed by atoms with van der Waals surface area (Å²) in [6.07, 6.45) is 0. The van der Waals surface area contributed by atoms with E-state index in [1.807, 2.05) is 30.3 Å². The number of nitrogens with zero attached hydrogens (tertiary/aromatic N) is 1. The third-order valence-electron chi connectivity index (χ3n) is 4.75. The van der Waals surface area contributed by atoms with Gasteiger partial charge >= 0.3 is 0 Å². The molecular weight excluding hydrogens is 352 g/mol. The Bertz CT molecular complexity index is 754. The summed E-state index contributed by atoms with van der Waals surface area (Å²) in [6, 6.07) is 12.3. The molecule has 2 aromatic rings. The summed E-state index contributed by atoms with van der Waals surface area (Å²) in [5, 5.41) is 4.24. The first kappa shape index (κ1) is 18.8. The first-order valence-electron chi connectivity index (χ1n) is 8.66. The van der Waals surface area contributed by atoms with Gasteiger partial charge in [0.2, 0.25) is 5.75 Å². The van der Waals surface area contributed by atoms with Crippen molar-refractivity contribution >= 4 is 11.6 Å². The lowest BCUT2D eigenvalue weighted by Gasteiger charge is -2.37. The molecule has 6 heteroatoms. The Hall–Kier alpha value is -1.95. The molecule has 1 aliphatic heterocycles. The Labute approximate surface area is 159 Å². The van der Waals surface area contributed by atoms with E-state index in [4.69, 9.17) is 25.8 Å². The van der Waals surface area contributed by atoms with Gasteiger partial charge in [0.15, 0.2) is 11.5 Å². The van der Waals surface area contributed by atoms with E-state index in [0.717, 1.165) is 42.5 Å². The van der Waals surface area contributed by atoms with Crippen molar-refractivity contribution in [2.24, 2.45) is 0 Å². The number of methoxy groups -OCH3 is 3. The second-order valence-corrected chi connectivity index (χ2v) is 6.68. The molecule has 1 saturated heterocycles. The number of rotatable bonds is 6. The zero-order valence-corrected chi connectivity index (χ0v) is 16.2. The van der Waals surface area contributed by atoms with Gasteiger partial charge in [0.1, 0.15) is 0 Å². The van der Waals surface area contributed by atoms with E-state index in [1.54, 1.807) is 21.3 Å². The first-order valence-corrected chi connectivity index (χ1v) is 9.03. The van der Waals surface area contributed by atoms with Crippen LogP contribution in [0.4, 0.5) is 0 Å². The van der Waals surface area contributed by atoms with Crippen LogP contribution >= 0.6 is 11.6 Å². The monoisotopic (exact) mass is 376 g/mol. The molecule has 26 heavy (non-hydrogen) atoms. The van der Waals surface area contributed by atoms with Crippen molar-refractivity contribution in [1.82, 2.24) is 10.2 Å². The minimum absolute atomic E-state index is 0.250. The second kappa shape index (κ2) is 8.62. The largest absolute Gasteiger partial charge is 0.493 e. The molecule has 0 radical (unpaired) electrons. The maximum Gasteiger partial charge on any atom is 0.203 e. The van der Waals surface area contributed by atoms with Gasteiger partial charge in [-0.25, -0.2) is 0 Å². The molecule has 140 valence electrons. The van der Waals surface area contributed by atoms with Crippen LogP contribution in [0.5, 0.6) is 17.2 Å². The number of hydrogen-bond acceptors (Lipinski definition) is 5. The van der Waals surface area contributed by atoms with Crippen LogP contribution in [0.3, 0.4) is 0 Å². The average molecular weight is 377 g/mol. The number of piperazine rings is 1. The maximum absolute atomic E-state index is 6.20. The maximum atomic E-state index is 6.20. The van der Waals surface area contributed by atoms with Crippen LogP contribution in [0, 0.1) is 0 Å². The van der Waals surface area contributed by atoms with Crippen molar-refractivity contribution in [1.29, 1.82) is 0 Å². The highest BCUT2D eigenvalue weighted by molar-refractivity contribution is 6.30. The quantitative estimate of drug-likeness (QED) is 0.835. The van der Waals surface area contributed by atoms with E-state index in [2.05, 4.69) is 16.3 Å². The van der Waals surface area contributed by atoms with Crippen molar-refractivity contribution in [2.45, 2.75) is 12.6 Å². The molecule has 1 atom stereocenters. The smallest absolute Gasteiger partial charge is 0.203 e. The predicted octanol–water partition coefficient (Wildman–Crippen LogP) is 3.51. The Morgan fingerprint density at radius 3 is 2.58 bits per heavy atom. The van der Waals surface area contributed by atoms with Gasteiger partial charge in [0.05, 0.1) is 21.3 Å². The first-order chi connectivity index (χ1) is 12.7. The van der Waals surface area contributed by atoms with Gasteiger partial charge in [-0.05, 0) is 23.8 Å². The number of halogens is 1. The normalized spacial score (nSPS) is 17.8. The summed E-state index contributed by atoms with van der Waals surface area (Å²) in [5.41, 5.74) is 2.28. The standard InChI is InChI=1S/C20H25ClN2O3/c1-24-18-8-7-15(19(25-2)20(18)26-3)13-23-10-9-22-12-17(23)14-5-4-6-16(21)11-14/h4-8,11,17,22H,9-10,12-13H2,1-3H3. The summed E-state index contributed by atoms with van der Waals surface area (Å²) in [5.74, 6) is 2.01. The zero-order chi connectivity index (χ0) is 18.5. The summed E-state index contributed by atoms with van der Waals surface area (Å²) in [6.45, 7) is 3.53. The van der Waals surface area contributed by atoms with Gasteiger partial charge in [-0.1, -0.05) is 29.8 Å². The molecular formula is C20H25ClN2O3. The van der Waals surface area contributed by atoms with Crippen LogP contribution in [-0.4, -0.2) is 45.9 Å². The Morgan fingerprint density at radius 2 is 1.88 bits per heavy atom. The molecule has 2 aromatic carbocycles. The van der Waals surface area contributed by atoms with Crippen molar-refractivity contribution < 1.29 is 14.2 Å². The van der Waals surface area contributed by atoms with Crippen molar-refractivity contribution in [2.75, 3.05) is 41.0 Å². The van der Waals surface area contributed by atoms with E-state index in [1.165, 1.54) is 5.56 Å². The minimum atomic E-state index is 0.250. The van der Waals surface area contributed by atoms with Crippen LogP contribution in [0.1, 0.15) is 17.2 Å². The fourth-order valence-corrected chi connectivity index (χ4v) is 3.68. The predicted molar refractivity (Wildman–Crippen MR) is 104 cm³/mol. The van der Waals surface area contributed by atoms with Gasteiger partial charge in [-0.3, -0.25) is 4.90 Å². The lowest BCUT2D eigenvalue weighted by atomic mass is 10.0. The van der Waals surface area contributed by atoms with Crippen molar-refractivity contribution in [3.05, 3.63) is 52.5 Å². The van der Waals surface area contributed by atoms with E-state index in [9.17, 15) is 0 Å². The average Bonchev–Trinajstić information content (AvgIpc) is 2.67. The van der Waals surface area contributed by atoms with Crippen LogP contribution in [-0.2, 0) is 6.54 Å². The SMILES string of the molecule is COc1ccc(CN2CCNCC2c2cccc(Cl)c2)c(OC)c1OC. The molecule has 1 unspecified atom stereocenters. The highest BCUT2D eigenvalue weighted by Gasteiger charge is 2.26. The number of benzene rings is 2. The third-order valence-corrected chi connectivity index (χ3v) is 4.98. The molecule has 0 bridgehead atoms. The lowest BCUT2D eigenvalue weighted by Crippen LogP contribution is -2.45. The van der Waals surface area contributed by atoms with Crippen LogP contribution in [0.15, 0.2) is 36.4 Å². The summed E-state index contributed by atoms with van der Waals surface area (Å²) in [4.78, 5) is 2.44. The van der Waals surface area contributed by atoms with Crippen molar-refractivity contribution in [3.8, 4) is 17.2 Å². The molecule has 1 fully saturated rings. The molecule has 0 saturated carbocycles. The summed E-state index contributed by atoms with van der Waals surface area (Å²) < 4.78 is 16.5. The molecule has 5 nitrogen and oxygen atoms in total. The lowest BCUT2D eigenvalue weighted by molar-refractivity contribution is 0.152. The second-order valence-electron chi connectivity index (χ2n) is 6.24. The van der Waals surface area contributed by atoms with E-state index in [0.29, 0.717) is 11.5 Å². The van der Waals surface area contributed by atoms with Gasteiger partial charge in [-0.15, -0.1) is 0 Å². The summed E-state index contributed by atoms with van der Waals surface area (Å²) >= 11 is 6.20. The summed E-state index contributed by atoms with van der Waals surface area (Å²) in [7, 11) is 4.92. The van der Waals surface area contributed by atoms with Crippen LogP contribution < -0.4 is 19.5 Å². The number of ether oxygens (including phenoxy) is 3. The highest BCUT2D eigenvalue weighted by Crippen LogP contribution is 2.41. The van der Waals surface area contributed by atoms with Crippen LogP contribution in [0.25, 0.3) is 0 Å². The highest BCUT2D eigenvalue weighted by atomic mass is 35.5. The molecule has 0 amide bonds. The molecule has 3 rings (SSSR count). The topological polar surface area (TPSA) is 43.0 Å². The van der Waals surface area contributed by atoms with E-state index >= 15 is 0 Å². The Morgan fingerprint density at radius 1 is 1.08 bits per heavy atom. The third kappa shape index (κ3) is 3.90. The zero-order valence-electron chi connectivity index (χ0n) is 15.4. The molecule has 0 aliphatic carbocycles. The molecule has 1 heterocycles. The van der Waals surface area contributed by atoms with Gasteiger partial charge < -0.3 is 19.5 Å².